The molecule has 0 saturated carbocycles. The van der Waals surface area contributed by atoms with E-state index in [0.717, 1.165) is 0 Å². The molecule has 0 heterocycles. The second-order valence-corrected chi connectivity index (χ2v) is 8.96. The fourth-order valence-electron chi connectivity index (χ4n) is 3.25. The van der Waals surface area contributed by atoms with Gasteiger partial charge >= 0.3 is 5.97 Å². The number of primary amides is 1. The number of carboxylic acid groups (broad SMARTS) is 1. The van der Waals surface area contributed by atoms with Crippen LogP contribution in [-0.4, -0.2) is 58.9 Å². The average molecular weight is 492 g/mol. The van der Waals surface area contributed by atoms with Gasteiger partial charge in [-0.15, -0.1) is 0 Å². The van der Waals surface area contributed by atoms with Crippen LogP contribution in [0.3, 0.4) is 0 Å². The maximum absolute atomic E-state index is 13.2. The van der Waals surface area contributed by atoms with Crippen molar-refractivity contribution in [3.05, 3.63) is 35.9 Å². The molecule has 194 valence electrons. The lowest BCUT2D eigenvalue weighted by Gasteiger charge is -2.28. The lowest BCUT2D eigenvalue weighted by molar-refractivity contribution is -0.143. The largest absolute Gasteiger partial charge is 0.480 e. The van der Waals surface area contributed by atoms with E-state index < -0.39 is 60.2 Å². The van der Waals surface area contributed by atoms with Crippen molar-refractivity contribution in [1.82, 2.24) is 16.0 Å². The van der Waals surface area contributed by atoms with Crippen LogP contribution in [0.4, 0.5) is 0 Å². The number of hydrogen-bond donors (Lipinski definition) is 6. The van der Waals surface area contributed by atoms with Crippen LogP contribution in [0.2, 0.25) is 0 Å². The second kappa shape index (κ2) is 14.1. The van der Waals surface area contributed by atoms with E-state index in [1.807, 2.05) is 6.92 Å². The quantitative estimate of drug-likeness (QED) is 0.205. The number of amides is 4. The molecular formula is C24H37N5O6. The summed E-state index contributed by atoms with van der Waals surface area (Å²) < 4.78 is 0. The average Bonchev–Trinajstić information content (AvgIpc) is 2.80. The first kappa shape index (κ1) is 29.6. The van der Waals surface area contributed by atoms with Gasteiger partial charge in [-0.25, -0.2) is 4.79 Å². The minimum absolute atomic E-state index is 0.0496. The maximum Gasteiger partial charge on any atom is 0.326 e. The van der Waals surface area contributed by atoms with Crippen LogP contribution in [-0.2, 0) is 30.4 Å². The summed E-state index contributed by atoms with van der Waals surface area (Å²) in [5, 5.41) is 16.9. The number of nitrogens with one attached hydrogen (secondary N) is 3. The SMILES string of the molecule is CC[C@H](C)[C@H](NC(=O)[C@@H](N)C(C)C)C(=O)N[C@@H](Cc1ccccc1)C(=O)N[C@@H](CC(N)=O)C(=O)O. The van der Waals surface area contributed by atoms with Crippen LogP contribution >= 0.6 is 0 Å². The summed E-state index contributed by atoms with van der Waals surface area (Å²) in [5.41, 5.74) is 11.7. The Labute approximate surface area is 205 Å². The van der Waals surface area contributed by atoms with Crippen LogP contribution in [0.1, 0.15) is 46.1 Å². The molecule has 0 radical (unpaired) electrons. The van der Waals surface area contributed by atoms with Gasteiger partial charge in [0, 0.05) is 6.42 Å². The van der Waals surface area contributed by atoms with Crippen LogP contribution in [0, 0.1) is 11.8 Å². The Kier molecular flexibility index (Phi) is 11.9. The Balaban J connectivity index is 3.17. The lowest BCUT2D eigenvalue weighted by atomic mass is 9.96. The third-order valence-electron chi connectivity index (χ3n) is 5.75. The molecule has 0 saturated heterocycles. The molecule has 35 heavy (non-hydrogen) atoms. The molecule has 0 fully saturated rings. The lowest BCUT2D eigenvalue weighted by Crippen LogP contribution is -2.59. The van der Waals surface area contributed by atoms with E-state index in [0.29, 0.717) is 12.0 Å². The first-order valence-corrected chi connectivity index (χ1v) is 11.6. The number of hydrogen-bond acceptors (Lipinski definition) is 6. The Morgan fingerprint density at radius 3 is 1.94 bits per heavy atom. The highest BCUT2D eigenvalue weighted by molar-refractivity contribution is 5.95. The second-order valence-electron chi connectivity index (χ2n) is 8.96. The number of aliphatic carboxylic acids is 1. The zero-order valence-corrected chi connectivity index (χ0v) is 20.6. The minimum atomic E-state index is -1.55. The molecule has 5 atom stereocenters. The molecule has 0 unspecified atom stereocenters. The molecule has 0 aliphatic heterocycles. The van der Waals surface area contributed by atoms with E-state index in [-0.39, 0.29) is 18.3 Å². The van der Waals surface area contributed by atoms with Gasteiger partial charge in [0.25, 0.3) is 0 Å². The molecule has 0 aromatic heterocycles. The molecule has 1 rings (SSSR count). The van der Waals surface area contributed by atoms with Crippen molar-refractivity contribution in [3.8, 4) is 0 Å². The predicted molar refractivity (Wildman–Crippen MR) is 130 cm³/mol. The summed E-state index contributed by atoms with van der Waals surface area (Å²) >= 11 is 0. The molecule has 11 heteroatoms. The van der Waals surface area contributed by atoms with Gasteiger partial charge in [0.15, 0.2) is 0 Å². The standard InChI is InChI=1S/C24H37N5O6/c1-5-14(4)20(29-22(32)19(26)13(2)3)23(33)27-16(11-15-9-7-6-8-10-15)21(31)28-17(24(34)35)12-18(25)30/h6-10,13-14,16-17,19-20H,5,11-12,26H2,1-4H3,(H2,25,30)(H,27,33)(H,28,31)(H,29,32)(H,34,35)/t14-,16-,17-,19-,20-/m0/s1. The van der Waals surface area contributed by atoms with Crippen LogP contribution in [0.15, 0.2) is 30.3 Å². The van der Waals surface area contributed by atoms with Crippen molar-refractivity contribution in [2.45, 2.75) is 71.1 Å². The molecule has 0 aliphatic carbocycles. The van der Waals surface area contributed by atoms with Gasteiger partial charge < -0.3 is 32.5 Å². The topological polar surface area (TPSA) is 194 Å². The molecular weight excluding hydrogens is 454 g/mol. The van der Waals surface area contributed by atoms with Crippen molar-refractivity contribution in [2.75, 3.05) is 0 Å². The van der Waals surface area contributed by atoms with Gasteiger partial charge in [0.05, 0.1) is 12.5 Å². The number of carboxylic acids is 1. The van der Waals surface area contributed by atoms with E-state index in [1.54, 1.807) is 51.1 Å². The van der Waals surface area contributed by atoms with E-state index in [1.165, 1.54) is 0 Å². The summed E-state index contributed by atoms with van der Waals surface area (Å²) in [6.45, 7) is 7.21. The normalized spacial score (nSPS) is 15.3. The first-order chi connectivity index (χ1) is 16.4. The Hall–Kier alpha value is -3.47. The Morgan fingerprint density at radius 1 is 0.886 bits per heavy atom. The summed E-state index contributed by atoms with van der Waals surface area (Å²) in [7, 11) is 0. The van der Waals surface area contributed by atoms with E-state index in [4.69, 9.17) is 11.5 Å². The number of carbonyl (C=O) groups excluding carboxylic acids is 4. The van der Waals surface area contributed by atoms with Crippen molar-refractivity contribution >= 4 is 29.6 Å². The summed E-state index contributed by atoms with van der Waals surface area (Å²) in [4.78, 5) is 61.5. The van der Waals surface area contributed by atoms with Crippen LogP contribution < -0.4 is 27.4 Å². The summed E-state index contributed by atoms with van der Waals surface area (Å²) in [6, 6.07) is 4.29. The number of benzene rings is 1. The van der Waals surface area contributed by atoms with Gasteiger partial charge in [-0.05, 0) is 17.4 Å². The van der Waals surface area contributed by atoms with Crippen molar-refractivity contribution in [3.63, 3.8) is 0 Å². The molecule has 0 bridgehead atoms. The van der Waals surface area contributed by atoms with Crippen LogP contribution in [0.5, 0.6) is 0 Å². The molecule has 4 amide bonds. The minimum Gasteiger partial charge on any atom is -0.480 e. The van der Waals surface area contributed by atoms with Gasteiger partial charge in [-0.1, -0.05) is 64.4 Å². The first-order valence-electron chi connectivity index (χ1n) is 11.6. The van der Waals surface area contributed by atoms with Gasteiger partial charge in [-0.3, -0.25) is 19.2 Å². The highest BCUT2D eigenvalue weighted by atomic mass is 16.4. The zero-order chi connectivity index (χ0) is 26.7. The molecule has 1 aromatic carbocycles. The summed E-state index contributed by atoms with van der Waals surface area (Å²) in [5.74, 6) is -4.66. The molecule has 11 nitrogen and oxygen atoms in total. The van der Waals surface area contributed by atoms with Gasteiger partial charge in [-0.2, -0.15) is 0 Å². The predicted octanol–water partition coefficient (Wildman–Crippen LogP) is -0.327. The summed E-state index contributed by atoms with van der Waals surface area (Å²) in [6.07, 6.45) is 0.00422. The highest BCUT2D eigenvalue weighted by Gasteiger charge is 2.33. The number of carbonyl (C=O) groups is 5. The Morgan fingerprint density at radius 2 is 1.46 bits per heavy atom. The molecule has 0 aliphatic rings. The fourth-order valence-corrected chi connectivity index (χ4v) is 3.25. The maximum atomic E-state index is 13.2. The van der Waals surface area contributed by atoms with Gasteiger partial charge in [0.2, 0.25) is 23.6 Å². The monoisotopic (exact) mass is 491 g/mol. The van der Waals surface area contributed by atoms with Crippen molar-refractivity contribution in [2.24, 2.45) is 23.3 Å². The van der Waals surface area contributed by atoms with E-state index in [2.05, 4.69) is 16.0 Å². The van der Waals surface area contributed by atoms with Crippen LogP contribution in [0.25, 0.3) is 0 Å². The number of rotatable bonds is 14. The fraction of sp³-hybridized carbons (Fsp3) is 0.542. The van der Waals surface area contributed by atoms with Crippen molar-refractivity contribution in [1.29, 1.82) is 0 Å². The number of nitrogens with two attached hydrogens (primary N) is 2. The third-order valence-corrected chi connectivity index (χ3v) is 5.75. The smallest absolute Gasteiger partial charge is 0.326 e. The van der Waals surface area contributed by atoms with Gasteiger partial charge in [0.1, 0.15) is 18.1 Å². The molecule has 8 N–H and O–H groups in total. The van der Waals surface area contributed by atoms with Crippen molar-refractivity contribution < 1.29 is 29.1 Å². The molecule has 1 aromatic rings. The zero-order valence-electron chi connectivity index (χ0n) is 20.6. The molecule has 0 spiro atoms. The third kappa shape index (κ3) is 9.73. The van der Waals surface area contributed by atoms with E-state index in [9.17, 15) is 29.1 Å². The van der Waals surface area contributed by atoms with E-state index >= 15 is 0 Å². The highest BCUT2D eigenvalue weighted by Crippen LogP contribution is 2.11. The Bertz CT molecular complexity index is 892.